The zero-order chi connectivity index (χ0) is 15.3. The molecule has 0 aromatic heterocycles. The van der Waals surface area contributed by atoms with Crippen molar-refractivity contribution in [2.75, 3.05) is 11.5 Å². The maximum atomic E-state index is 11.3. The summed E-state index contributed by atoms with van der Waals surface area (Å²) in [6, 6.07) is 5.24. The van der Waals surface area contributed by atoms with Crippen molar-refractivity contribution in [2.45, 2.75) is 9.79 Å². The Morgan fingerprint density at radius 3 is 2.05 bits per heavy atom. The molecule has 2 aromatic rings. The summed E-state index contributed by atoms with van der Waals surface area (Å²) in [7, 11) is -9.88. The van der Waals surface area contributed by atoms with Crippen molar-refractivity contribution in [3.8, 4) is 0 Å². The van der Waals surface area contributed by atoms with E-state index in [-0.39, 0.29) is 16.5 Å². The molecule has 108 valence electrons. The molecule has 8 nitrogen and oxygen atoms in total. The first-order valence-electron chi connectivity index (χ1n) is 5.09. The van der Waals surface area contributed by atoms with Gasteiger partial charge in [0.1, 0.15) is 9.79 Å². The molecular weight excluding hydrogens is 308 g/mol. The fourth-order valence-electron chi connectivity index (χ4n) is 1.93. The average molecular weight is 318 g/mol. The Morgan fingerprint density at radius 1 is 0.950 bits per heavy atom. The number of anilines is 2. The van der Waals surface area contributed by atoms with Crippen LogP contribution in [0.25, 0.3) is 10.8 Å². The summed E-state index contributed by atoms with van der Waals surface area (Å²) in [5, 5.41) is 0.287. The van der Waals surface area contributed by atoms with Crippen LogP contribution in [-0.4, -0.2) is 25.9 Å². The van der Waals surface area contributed by atoms with Gasteiger partial charge in [-0.05, 0) is 17.5 Å². The quantitative estimate of drug-likeness (QED) is 0.459. The van der Waals surface area contributed by atoms with Crippen LogP contribution in [-0.2, 0) is 20.2 Å². The van der Waals surface area contributed by atoms with Crippen LogP contribution < -0.4 is 11.5 Å². The SMILES string of the molecule is Nc1cccc2cc(S(=O)(=O)O)c(S(=O)(=O)O)c(N)c12. The second-order valence-corrected chi connectivity index (χ2v) is 6.76. The molecule has 2 rings (SSSR count). The number of hydrogen-bond acceptors (Lipinski definition) is 6. The fraction of sp³-hybridized carbons (Fsp3) is 0. The summed E-state index contributed by atoms with van der Waals surface area (Å²) in [5.74, 6) is 0. The molecule has 0 radical (unpaired) electrons. The van der Waals surface area contributed by atoms with Crippen LogP contribution in [0.15, 0.2) is 34.1 Å². The van der Waals surface area contributed by atoms with Crippen LogP contribution in [0.5, 0.6) is 0 Å². The van der Waals surface area contributed by atoms with Gasteiger partial charge in [0.05, 0.1) is 5.69 Å². The van der Waals surface area contributed by atoms with Gasteiger partial charge in [-0.15, -0.1) is 0 Å². The van der Waals surface area contributed by atoms with Crippen molar-refractivity contribution in [1.29, 1.82) is 0 Å². The molecule has 0 saturated heterocycles. The normalized spacial score (nSPS) is 12.7. The maximum Gasteiger partial charge on any atom is 0.298 e. The Bertz CT molecular complexity index is 918. The molecular formula is C10H10N2O6S2. The van der Waals surface area contributed by atoms with Gasteiger partial charge >= 0.3 is 0 Å². The maximum absolute atomic E-state index is 11.3. The van der Waals surface area contributed by atoms with E-state index in [0.717, 1.165) is 6.07 Å². The summed E-state index contributed by atoms with van der Waals surface area (Å²) in [4.78, 5) is -2.10. The van der Waals surface area contributed by atoms with E-state index in [1.54, 1.807) is 0 Å². The van der Waals surface area contributed by atoms with E-state index in [1.165, 1.54) is 18.2 Å². The highest BCUT2D eigenvalue weighted by molar-refractivity contribution is 7.89. The Balaban J connectivity index is 3.17. The van der Waals surface area contributed by atoms with E-state index in [0.29, 0.717) is 0 Å². The van der Waals surface area contributed by atoms with Crippen LogP contribution in [0, 0.1) is 0 Å². The van der Waals surface area contributed by atoms with Gasteiger partial charge in [-0.25, -0.2) is 0 Å². The average Bonchev–Trinajstić information content (AvgIpc) is 2.25. The van der Waals surface area contributed by atoms with Gasteiger partial charge in [0, 0.05) is 11.1 Å². The van der Waals surface area contributed by atoms with E-state index in [2.05, 4.69) is 0 Å². The zero-order valence-corrected chi connectivity index (χ0v) is 11.4. The molecule has 0 unspecified atom stereocenters. The molecule has 6 N–H and O–H groups in total. The first kappa shape index (κ1) is 14.5. The minimum atomic E-state index is -4.98. The third kappa shape index (κ3) is 2.29. The lowest BCUT2D eigenvalue weighted by Crippen LogP contribution is -2.12. The van der Waals surface area contributed by atoms with Gasteiger partial charge in [-0.3, -0.25) is 9.11 Å². The largest absolute Gasteiger partial charge is 0.398 e. The highest BCUT2D eigenvalue weighted by Crippen LogP contribution is 2.36. The van der Waals surface area contributed by atoms with Crippen molar-refractivity contribution in [2.24, 2.45) is 0 Å². The number of nitrogen functional groups attached to an aromatic ring is 2. The molecule has 0 aliphatic carbocycles. The highest BCUT2D eigenvalue weighted by Gasteiger charge is 2.28. The summed E-state index contributed by atoms with van der Waals surface area (Å²) in [5.41, 5.74) is 10.8. The lowest BCUT2D eigenvalue weighted by molar-refractivity contribution is 0.467. The van der Waals surface area contributed by atoms with Crippen LogP contribution in [0.1, 0.15) is 0 Å². The number of benzene rings is 2. The van der Waals surface area contributed by atoms with E-state index < -0.39 is 35.7 Å². The van der Waals surface area contributed by atoms with Gasteiger partial charge in [-0.1, -0.05) is 12.1 Å². The molecule has 10 heteroatoms. The molecule has 0 bridgehead atoms. The number of nitrogens with two attached hydrogens (primary N) is 2. The van der Waals surface area contributed by atoms with Crippen LogP contribution in [0.3, 0.4) is 0 Å². The minimum Gasteiger partial charge on any atom is -0.398 e. The first-order chi connectivity index (χ1) is 9.03. The molecule has 20 heavy (non-hydrogen) atoms. The smallest absolute Gasteiger partial charge is 0.298 e. The zero-order valence-electron chi connectivity index (χ0n) is 9.81. The van der Waals surface area contributed by atoms with Crippen molar-refractivity contribution >= 4 is 42.4 Å². The van der Waals surface area contributed by atoms with E-state index in [9.17, 15) is 16.8 Å². The van der Waals surface area contributed by atoms with E-state index >= 15 is 0 Å². The van der Waals surface area contributed by atoms with E-state index in [1.807, 2.05) is 0 Å². The molecule has 0 saturated carbocycles. The standard InChI is InChI=1S/C10H10N2O6S2/c11-6-3-1-2-5-4-7(19(13,14)15)10(20(16,17)18)9(12)8(5)6/h1-4H,11-12H2,(H,13,14,15)(H,16,17,18). The third-order valence-electron chi connectivity index (χ3n) is 2.69. The molecule has 0 atom stereocenters. The molecule has 0 aliphatic rings. The predicted octanol–water partition coefficient (Wildman–Crippen LogP) is 0.498. The minimum absolute atomic E-state index is 0.0764. The second-order valence-electron chi connectivity index (χ2n) is 4.01. The van der Waals surface area contributed by atoms with Crippen molar-refractivity contribution in [3.05, 3.63) is 24.3 Å². The Kier molecular flexibility index (Phi) is 3.13. The third-order valence-corrected chi connectivity index (χ3v) is 4.65. The van der Waals surface area contributed by atoms with Gasteiger partial charge in [-0.2, -0.15) is 16.8 Å². The molecule has 0 spiro atoms. The molecule has 0 aliphatic heterocycles. The summed E-state index contributed by atoms with van der Waals surface area (Å²) in [6.07, 6.45) is 0. The molecule has 0 heterocycles. The van der Waals surface area contributed by atoms with Crippen molar-refractivity contribution in [1.82, 2.24) is 0 Å². The number of fused-ring (bicyclic) bond motifs is 1. The van der Waals surface area contributed by atoms with Gasteiger partial charge in [0.25, 0.3) is 20.2 Å². The molecule has 0 fully saturated rings. The number of rotatable bonds is 2. The number of hydrogen-bond donors (Lipinski definition) is 4. The van der Waals surface area contributed by atoms with Crippen molar-refractivity contribution in [3.63, 3.8) is 0 Å². The Morgan fingerprint density at radius 2 is 1.55 bits per heavy atom. The van der Waals surface area contributed by atoms with E-state index in [4.69, 9.17) is 20.6 Å². The first-order valence-corrected chi connectivity index (χ1v) is 7.97. The van der Waals surface area contributed by atoms with Gasteiger partial charge in [0.15, 0.2) is 0 Å². The molecule has 2 aromatic carbocycles. The fourth-order valence-corrected chi connectivity index (χ4v) is 3.88. The van der Waals surface area contributed by atoms with Gasteiger partial charge in [0.2, 0.25) is 0 Å². The summed E-state index contributed by atoms with van der Waals surface area (Å²) < 4.78 is 63.5. The van der Waals surface area contributed by atoms with Crippen LogP contribution >= 0.6 is 0 Å². The van der Waals surface area contributed by atoms with Crippen LogP contribution in [0.2, 0.25) is 0 Å². The lowest BCUT2D eigenvalue weighted by Gasteiger charge is -2.12. The Hall–Kier alpha value is -1.88. The topological polar surface area (TPSA) is 161 Å². The molecule has 0 amide bonds. The van der Waals surface area contributed by atoms with Crippen LogP contribution in [0.4, 0.5) is 11.4 Å². The van der Waals surface area contributed by atoms with Crippen molar-refractivity contribution < 1.29 is 25.9 Å². The summed E-state index contributed by atoms with van der Waals surface area (Å²) in [6.45, 7) is 0. The summed E-state index contributed by atoms with van der Waals surface area (Å²) >= 11 is 0. The predicted molar refractivity (Wildman–Crippen MR) is 72.4 cm³/mol. The monoisotopic (exact) mass is 318 g/mol. The lowest BCUT2D eigenvalue weighted by atomic mass is 10.1. The Labute approximate surface area is 114 Å². The second kappa shape index (κ2) is 4.31. The van der Waals surface area contributed by atoms with Gasteiger partial charge < -0.3 is 11.5 Å². The highest BCUT2D eigenvalue weighted by atomic mass is 32.2.